The first-order valence-electron chi connectivity index (χ1n) is 12.1. The molecule has 1 N–H and O–H groups in total. The smallest absolute Gasteiger partial charge is 0.246 e. The molecule has 7 heteroatoms. The maximum absolute atomic E-state index is 12.9. The number of rotatable bonds is 8. The normalized spacial score (nSPS) is 21.1. The Morgan fingerprint density at radius 1 is 1.12 bits per heavy atom. The summed E-state index contributed by atoms with van der Waals surface area (Å²) in [6.45, 7) is 11.1. The second kappa shape index (κ2) is 10.4. The van der Waals surface area contributed by atoms with Crippen LogP contribution in [0, 0.1) is 5.92 Å². The molecule has 0 aliphatic carbocycles. The summed E-state index contributed by atoms with van der Waals surface area (Å²) < 4.78 is 8.22. The van der Waals surface area contributed by atoms with Gasteiger partial charge in [-0.05, 0) is 50.0 Å². The topological polar surface area (TPSA) is 72.3 Å². The molecular formula is C26H35N5O2. The monoisotopic (exact) mass is 449 g/mol. The van der Waals surface area contributed by atoms with Crippen molar-refractivity contribution in [2.45, 2.75) is 65.3 Å². The van der Waals surface area contributed by atoms with E-state index < -0.39 is 0 Å². The summed E-state index contributed by atoms with van der Waals surface area (Å²) in [6, 6.07) is 16.1. The van der Waals surface area contributed by atoms with Crippen LogP contribution in [-0.2, 0) is 16.1 Å². The van der Waals surface area contributed by atoms with Crippen LogP contribution in [0.4, 0.5) is 5.69 Å². The van der Waals surface area contributed by atoms with Crippen LogP contribution in [0.1, 0.15) is 52.2 Å². The zero-order valence-corrected chi connectivity index (χ0v) is 20.1. The molecule has 0 spiro atoms. The minimum Gasteiger partial charge on any atom is -0.370 e. The minimum absolute atomic E-state index is 0.0551. The predicted molar refractivity (Wildman–Crippen MR) is 131 cm³/mol. The molecule has 1 aromatic heterocycles. The number of benzene rings is 2. The molecule has 1 aliphatic heterocycles. The summed E-state index contributed by atoms with van der Waals surface area (Å²) in [7, 11) is 0. The molecule has 3 aromatic rings. The van der Waals surface area contributed by atoms with E-state index >= 15 is 0 Å². The van der Waals surface area contributed by atoms with Crippen LogP contribution in [0.3, 0.4) is 0 Å². The SMILES string of the molecule is CCN(CC)[C@H]1C[C@@H](c2ccccc2NC(=O)Cn2nnc3ccccc32)O[C@@H](C(C)C)C1. The molecule has 33 heavy (non-hydrogen) atoms. The van der Waals surface area contributed by atoms with Crippen molar-refractivity contribution in [3.05, 3.63) is 54.1 Å². The number of carbonyl (C=O) groups is 1. The van der Waals surface area contributed by atoms with E-state index in [0.29, 0.717) is 12.0 Å². The molecule has 2 heterocycles. The van der Waals surface area contributed by atoms with Crippen molar-refractivity contribution in [3.63, 3.8) is 0 Å². The van der Waals surface area contributed by atoms with E-state index in [1.165, 1.54) is 0 Å². The first-order chi connectivity index (χ1) is 16.0. The van der Waals surface area contributed by atoms with Gasteiger partial charge in [0.2, 0.25) is 5.91 Å². The lowest BCUT2D eigenvalue weighted by molar-refractivity contribution is -0.116. The first-order valence-corrected chi connectivity index (χ1v) is 12.1. The van der Waals surface area contributed by atoms with Gasteiger partial charge in [-0.15, -0.1) is 5.10 Å². The van der Waals surface area contributed by atoms with Gasteiger partial charge in [-0.3, -0.25) is 4.79 Å². The lowest BCUT2D eigenvalue weighted by Gasteiger charge is -2.42. The molecule has 1 aliphatic rings. The molecule has 3 atom stereocenters. The lowest BCUT2D eigenvalue weighted by Crippen LogP contribution is -2.44. The van der Waals surface area contributed by atoms with E-state index in [-0.39, 0.29) is 24.7 Å². The predicted octanol–water partition coefficient (Wildman–Crippen LogP) is 4.66. The number of hydrogen-bond donors (Lipinski definition) is 1. The highest BCUT2D eigenvalue weighted by Crippen LogP contribution is 2.38. The van der Waals surface area contributed by atoms with Crippen LogP contribution in [0.15, 0.2) is 48.5 Å². The Kier molecular flexibility index (Phi) is 7.40. The number of amides is 1. The van der Waals surface area contributed by atoms with Crippen molar-refractivity contribution < 1.29 is 9.53 Å². The van der Waals surface area contributed by atoms with Crippen molar-refractivity contribution in [2.24, 2.45) is 5.92 Å². The van der Waals surface area contributed by atoms with E-state index in [1.54, 1.807) is 4.68 Å². The molecule has 1 amide bonds. The first kappa shape index (κ1) is 23.4. The Morgan fingerprint density at radius 3 is 2.61 bits per heavy atom. The van der Waals surface area contributed by atoms with Gasteiger partial charge in [0.15, 0.2) is 0 Å². The molecular weight excluding hydrogens is 414 g/mol. The number of ether oxygens (including phenoxy) is 1. The second-order valence-electron chi connectivity index (χ2n) is 9.12. The Bertz CT molecular complexity index is 1080. The van der Waals surface area contributed by atoms with Crippen molar-refractivity contribution >= 4 is 22.6 Å². The van der Waals surface area contributed by atoms with Gasteiger partial charge in [0.05, 0.1) is 17.7 Å². The molecule has 1 saturated heterocycles. The molecule has 0 radical (unpaired) electrons. The third-order valence-electron chi connectivity index (χ3n) is 6.70. The highest BCUT2D eigenvalue weighted by molar-refractivity contribution is 5.92. The summed E-state index contributed by atoms with van der Waals surface area (Å²) in [4.78, 5) is 15.5. The van der Waals surface area contributed by atoms with E-state index in [2.05, 4.69) is 54.3 Å². The summed E-state index contributed by atoms with van der Waals surface area (Å²) in [5, 5.41) is 11.4. The number of nitrogens with zero attached hydrogens (tertiary/aromatic N) is 4. The largest absolute Gasteiger partial charge is 0.370 e. The van der Waals surface area contributed by atoms with Gasteiger partial charge in [-0.2, -0.15) is 0 Å². The molecule has 0 saturated carbocycles. The van der Waals surface area contributed by atoms with Crippen LogP contribution in [-0.4, -0.2) is 51.0 Å². The summed E-state index contributed by atoms with van der Waals surface area (Å²) in [5.74, 6) is 0.308. The van der Waals surface area contributed by atoms with Crippen molar-refractivity contribution in [3.8, 4) is 0 Å². The van der Waals surface area contributed by atoms with E-state index in [1.807, 2.05) is 42.5 Å². The maximum Gasteiger partial charge on any atom is 0.246 e. The number of anilines is 1. The number of para-hydroxylation sites is 2. The third-order valence-corrected chi connectivity index (χ3v) is 6.70. The lowest BCUT2D eigenvalue weighted by atomic mass is 9.88. The number of nitrogens with one attached hydrogen (secondary N) is 1. The zero-order valence-electron chi connectivity index (χ0n) is 20.1. The van der Waals surface area contributed by atoms with Crippen LogP contribution < -0.4 is 5.32 Å². The number of fused-ring (bicyclic) bond motifs is 1. The number of aromatic nitrogens is 3. The highest BCUT2D eigenvalue weighted by Gasteiger charge is 2.35. The molecule has 7 nitrogen and oxygen atoms in total. The summed E-state index contributed by atoms with van der Waals surface area (Å²) >= 11 is 0. The molecule has 4 rings (SSSR count). The zero-order chi connectivity index (χ0) is 23.4. The Labute approximate surface area is 196 Å². The second-order valence-corrected chi connectivity index (χ2v) is 9.12. The average molecular weight is 450 g/mol. The van der Waals surface area contributed by atoms with E-state index in [4.69, 9.17) is 4.74 Å². The fourth-order valence-electron chi connectivity index (χ4n) is 4.85. The fraction of sp³-hybridized carbons (Fsp3) is 0.500. The number of carbonyl (C=O) groups excluding carboxylic acids is 1. The Hall–Kier alpha value is -2.77. The number of hydrogen-bond acceptors (Lipinski definition) is 5. The van der Waals surface area contributed by atoms with Gasteiger partial charge in [-0.25, -0.2) is 4.68 Å². The molecule has 176 valence electrons. The summed E-state index contributed by atoms with van der Waals surface area (Å²) in [5.41, 5.74) is 3.47. The van der Waals surface area contributed by atoms with Crippen LogP contribution in [0.25, 0.3) is 11.0 Å². The van der Waals surface area contributed by atoms with Crippen molar-refractivity contribution in [1.82, 2.24) is 19.9 Å². The van der Waals surface area contributed by atoms with E-state index in [9.17, 15) is 4.79 Å². The minimum atomic E-state index is -0.130. The molecule has 0 unspecified atom stereocenters. The van der Waals surface area contributed by atoms with Crippen LogP contribution in [0.2, 0.25) is 0 Å². The van der Waals surface area contributed by atoms with Gasteiger partial charge in [0.1, 0.15) is 12.1 Å². The van der Waals surface area contributed by atoms with E-state index in [0.717, 1.165) is 48.2 Å². The third kappa shape index (κ3) is 5.25. The Balaban J connectivity index is 1.54. The molecule has 1 fully saturated rings. The Morgan fingerprint density at radius 2 is 1.85 bits per heavy atom. The average Bonchev–Trinajstić information content (AvgIpc) is 3.22. The van der Waals surface area contributed by atoms with Crippen LogP contribution >= 0.6 is 0 Å². The summed E-state index contributed by atoms with van der Waals surface area (Å²) in [6.07, 6.45) is 2.11. The van der Waals surface area contributed by atoms with Gasteiger partial charge in [0.25, 0.3) is 0 Å². The standard InChI is InChI=1S/C26H35N5O2/c1-5-30(6-2)19-15-24(18(3)4)33-25(16-19)20-11-7-8-12-21(20)27-26(32)17-31-23-14-10-9-13-22(23)28-29-31/h7-14,18-19,24-25H,5-6,15-17H2,1-4H3,(H,27,32)/t19-,24-,25+/m1/s1. The molecule has 2 aromatic carbocycles. The quantitative estimate of drug-likeness (QED) is 0.542. The van der Waals surface area contributed by atoms with Gasteiger partial charge in [0, 0.05) is 17.3 Å². The van der Waals surface area contributed by atoms with Crippen molar-refractivity contribution in [1.29, 1.82) is 0 Å². The van der Waals surface area contributed by atoms with Gasteiger partial charge < -0.3 is 15.0 Å². The fourth-order valence-corrected chi connectivity index (χ4v) is 4.85. The maximum atomic E-state index is 12.9. The van der Waals surface area contributed by atoms with Crippen LogP contribution in [0.5, 0.6) is 0 Å². The van der Waals surface area contributed by atoms with Gasteiger partial charge in [-0.1, -0.05) is 63.2 Å². The highest BCUT2D eigenvalue weighted by atomic mass is 16.5. The van der Waals surface area contributed by atoms with Gasteiger partial charge >= 0.3 is 0 Å². The molecule has 0 bridgehead atoms. The van der Waals surface area contributed by atoms with Crippen molar-refractivity contribution in [2.75, 3.05) is 18.4 Å².